The molecule has 1 saturated heterocycles. The summed E-state index contributed by atoms with van der Waals surface area (Å²) in [6.45, 7) is 4.73. The number of amides is 1. The zero-order valence-corrected chi connectivity index (χ0v) is 12.8. The van der Waals surface area contributed by atoms with Crippen LogP contribution >= 0.6 is 0 Å². The summed E-state index contributed by atoms with van der Waals surface area (Å²) in [5.41, 5.74) is 1.55. The normalized spacial score (nSPS) is 25.3. The van der Waals surface area contributed by atoms with Gasteiger partial charge in [-0.15, -0.1) is 0 Å². The van der Waals surface area contributed by atoms with Crippen molar-refractivity contribution in [2.24, 2.45) is 11.8 Å². The molecule has 1 aromatic rings. The van der Waals surface area contributed by atoms with E-state index in [2.05, 4.69) is 17.2 Å². The number of likely N-dealkylation sites (tertiary alicyclic amines) is 1. The molecule has 0 spiro atoms. The summed E-state index contributed by atoms with van der Waals surface area (Å²) in [7, 11) is 0. The van der Waals surface area contributed by atoms with Gasteiger partial charge in [0.05, 0.1) is 0 Å². The quantitative estimate of drug-likeness (QED) is 0.928. The summed E-state index contributed by atoms with van der Waals surface area (Å²) in [6.07, 6.45) is 8.25. The Morgan fingerprint density at radius 1 is 1.33 bits per heavy atom. The number of nitrogens with zero attached hydrogens (tertiary/aromatic N) is 2. The molecule has 114 valence electrons. The van der Waals surface area contributed by atoms with Gasteiger partial charge in [-0.05, 0) is 43.7 Å². The number of anilines is 1. The van der Waals surface area contributed by atoms with Crippen molar-refractivity contribution in [2.45, 2.75) is 39.0 Å². The fourth-order valence-corrected chi connectivity index (χ4v) is 3.81. The highest BCUT2D eigenvalue weighted by molar-refractivity contribution is 5.93. The second kappa shape index (κ2) is 6.46. The van der Waals surface area contributed by atoms with Crippen molar-refractivity contribution >= 4 is 11.6 Å². The van der Waals surface area contributed by atoms with E-state index in [-0.39, 0.29) is 5.91 Å². The van der Waals surface area contributed by atoms with Gasteiger partial charge < -0.3 is 10.2 Å². The van der Waals surface area contributed by atoms with Crippen molar-refractivity contribution in [3.05, 3.63) is 24.0 Å². The van der Waals surface area contributed by atoms with Gasteiger partial charge in [-0.1, -0.05) is 19.3 Å². The van der Waals surface area contributed by atoms with Crippen molar-refractivity contribution in [3.8, 4) is 0 Å². The third-order valence-corrected chi connectivity index (χ3v) is 4.94. The Balaban J connectivity index is 1.68. The van der Waals surface area contributed by atoms with Gasteiger partial charge in [0.15, 0.2) is 0 Å². The first kappa shape index (κ1) is 14.4. The van der Waals surface area contributed by atoms with Crippen molar-refractivity contribution < 1.29 is 4.79 Å². The highest BCUT2D eigenvalue weighted by Crippen LogP contribution is 2.36. The first-order chi connectivity index (χ1) is 10.3. The number of carbonyl (C=O) groups is 1. The molecule has 0 aromatic carbocycles. The predicted molar refractivity (Wildman–Crippen MR) is 84.4 cm³/mol. The largest absolute Gasteiger partial charge is 0.385 e. The van der Waals surface area contributed by atoms with Gasteiger partial charge in [0.2, 0.25) is 0 Å². The van der Waals surface area contributed by atoms with Gasteiger partial charge in [-0.3, -0.25) is 9.78 Å². The molecule has 2 aliphatic rings. The SMILES string of the molecule is CCNc1ccnc(C(=O)N2CCC3CCCCC3C2)c1. The number of hydrogen-bond acceptors (Lipinski definition) is 3. The summed E-state index contributed by atoms with van der Waals surface area (Å²) in [6, 6.07) is 3.78. The smallest absolute Gasteiger partial charge is 0.272 e. The molecule has 4 heteroatoms. The van der Waals surface area contributed by atoms with Crippen LogP contribution in [0.25, 0.3) is 0 Å². The molecule has 2 heterocycles. The first-order valence-corrected chi connectivity index (χ1v) is 8.27. The topological polar surface area (TPSA) is 45.2 Å². The molecular formula is C17H25N3O. The number of aromatic nitrogens is 1. The van der Waals surface area contributed by atoms with Crippen LogP contribution in [0.2, 0.25) is 0 Å². The van der Waals surface area contributed by atoms with Crippen LogP contribution in [0.15, 0.2) is 18.3 Å². The maximum atomic E-state index is 12.7. The molecule has 21 heavy (non-hydrogen) atoms. The average molecular weight is 287 g/mol. The lowest BCUT2D eigenvalue weighted by Gasteiger charge is -2.41. The fraction of sp³-hybridized carbons (Fsp3) is 0.647. The van der Waals surface area contributed by atoms with Crippen LogP contribution in [0.1, 0.15) is 49.5 Å². The van der Waals surface area contributed by atoms with Gasteiger partial charge in [0.25, 0.3) is 5.91 Å². The number of carbonyl (C=O) groups excluding carboxylic acids is 1. The zero-order chi connectivity index (χ0) is 14.7. The van der Waals surface area contributed by atoms with E-state index < -0.39 is 0 Å². The Hall–Kier alpha value is -1.58. The van der Waals surface area contributed by atoms with Crippen LogP contribution in [0.5, 0.6) is 0 Å². The minimum Gasteiger partial charge on any atom is -0.385 e. The number of pyridine rings is 1. The van der Waals surface area contributed by atoms with Crippen LogP contribution in [0, 0.1) is 11.8 Å². The number of rotatable bonds is 3. The van der Waals surface area contributed by atoms with Gasteiger partial charge >= 0.3 is 0 Å². The van der Waals surface area contributed by atoms with Crippen molar-refractivity contribution in [3.63, 3.8) is 0 Å². The van der Waals surface area contributed by atoms with E-state index >= 15 is 0 Å². The Morgan fingerprint density at radius 3 is 2.95 bits per heavy atom. The van der Waals surface area contributed by atoms with Crippen LogP contribution in [0.4, 0.5) is 5.69 Å². The Morgan fingerprint density at radius 2 is 2.14 bits per heavy atom. The van der Waals surface area contributed by atoms with E-state index in [1.807, 2.05) is 17.0 Å². The average Bonchev–Trinajstić information content (AvgIpc) is 2.54. The third kappa shape index (κ3) is 3.20. The van der Waals surface area contributed by atoms with Crippen molar-refractivity contribution in [2.75, 3.05) is 25.0 Å². The lowest BCUT2D eigenvalue weighted by molar-refractivity contribution is 0.0515. The van der Waals surface area contributed by atoms with Crippen LogP contribution in [0.3, 0.4) is 0 Å². The maximum absolute atomic E-state index is 12.7. The summed E-state index contributed by atoms with van der Waals surface area (Å²) in [4.78, 5) is 19.0. The molecule has 1 aliphatic carbocycles. The summed E-state index contributed by atoms with van der Waals surface area (Å²) in [5, 5.41) is 3.24. The number of hydrogen-bond donors (Lipinski definition) is 1. The van der Waals surface area contributed by atoms with E-state index in [1.165, 1.54) is 32.1 Å². The molecule has 2 fully saturated rings. The fourth-order valence-electron chi connectivity index (χ4n) is 3.81. The molecule has 0 radical (unpaired) electrons. The standard InChI is InChI=1S/C17H25N3O/c1-2-18-15-7-9-19-16(11-15)17(21)20-10-8-13-5-3-4-6-14(13)12-20/h7,9,11,13-14H,2-6,8,10,12H2,1H3,(H,18,19). The minimum absolute atomic E-state index is 0.0961. The molecule has 2 atom stereocenters. The Labute approximate surface area is 126 Å². The summed E-state index contributed by atoms with van der Waals surface area (Å²) < 4.78 is 0. The lowest BCUT2D eigenvalue weighted by atomic mass is 9.75. The molecule has 1 saturated carbocycles. The van der Waals surface area contributed by atoms with E-state index in [0.29, 0.717) is 11.6 Å². The Bertz CT molecular complexity index is 503. The monoisotopic (exact) mass is 287 g/mol. The molecule has 1 aromatic heterocycles. The molecule has 0 bridgehead atoms. The van der Waals surface area contributed by atoms with Gasteiger partial charge in [-0.25, -0.2) is 0 Å². The van der Waals surface area contributed by atoms with E-state index in [1.54, 1.807) is 6.20 Å². The van der Waals surface area contributed by atoms with Gasteiger partial charge in [-0.2, -0.15) is 0 Å². The molecular weight excluding hydrogens is 262 g/mol. The second-order valence-corrected chi connectivity index (χ2v) is 6.30. The van der Waals surface area contributed by atoms with Crippen LogP contribution in [-0.2, 0) is 0 Å². The minimum atomic E-state index is 0.0961. The second-order valence-electron chi connectivity index (χ2n) is 6.30. The van der Waals surface area contributed by atoms with Gasteiger partial charge in [0.1, 0.15) is 5.69 Å². The molecule has 1 aliphatic heterocycles. The van der Waals surface area contributed by atoms with Crippen molar-refractivity contribution in [1.29, 1.82) is 0 Å². The van der Waals surface area contributed by atoms with Crippen LogP contribution < -0.4 is 5.32 Å². The van der Waals surface area contributed by atoms with E-state index in [0.717, 1.165) is 31.2 Å². The predicted octanol–water partition coefficient (Wildman–Crippen LogP) is 3.17. The summed E-state index contributed by atoms with van der Waals surface area (Å²) in [5.74, 6) is 1.66. The molecule has 3 rings (SSSR count). The van der Waals surface area contributed by atoms with E-state index in [4.69, 9.17) is 0 Å². The van der Waals surface area contributed by atoms with Crippen molar-refractivity contribution in [1.82, 2.24) is 9.88 Å². The number of piperidine rings is 1. The number of nitrogens with one attached hydrogen (secondary N) is 1. The molecule has 2 unspecified atom stereocenters. The zero-order valence-electron chi connectivity index (χ0n) is 12.8. The summed E-state index contributed by atoms with van der Waals surface area (Å²) >= 11 is 0. The number of fused-ring (bicyclic) bond motifs is 1. The third-order valence-electron chi connectivity index (χ3n) is 4.94. The molecule has 1 amide bonds. The first-order valence-electron chi connectivity index (χ1n) is 8.27. The lowest BCUT2D eigenvalue weighted by Crippen LogP contribution is -2.45. The Kier molecular flexibility index (Phi) is 4.42. The highest BCUT2D eigenvalue weighted by atomic mass is 16.2. The maximum Gasteiger partial charge on any atom is 0.272 e. The van der Waals surface area contributed by atoms with Gasteiger partial charge in [0, 0.05) is 31.5 Å². The van der Waals surface area contributed by atoms with Crippen LogP contribution in [-0.4, -0.2) is 35.4 Å². The highest BCUT2D eigenvalue weighted by Gasteiger charge is 2.33. The molecule has 4 nitrogen and oxygen atoms in total. The molecule has 1 N–H and O–H groups in total. The van der Waals surface area contributed by atoms with E-state index in [9.17, 15) is 4.79 Å².